The summed E-state index contributed by atoms with van der Waals surface area (Å²) in [6.45, 7) is -0.0161. The number of carbonyl (C=O) groups is 2. The molecule has 0 aromatic carbocycles. The second-order valence-electron chi connectivity index (χ2n) is 5.64. The zero-order valence-electron chi connectivity index (χ0n) is 13.7. The molecule has 0 bridgehead atoms. The van der Waals surface area contributed by atoms with E-state index in [0.29, 0.717) is 4.88 Å². The number of sulfonamides is 1. The third-order valence-electron chi connectivity index (χ3n) is 3.85. The molecule has 1 N–H and O–H groups in total. The molecule has 8 nitrogen and oxygen atoms in total. The molecule has 4 heterocycles. The minimum Gasteiger partial charge on any atom is -0.268 e. The summed E-state index contributed by atoms with van der Waals surface area (Å²) in [6, 6.07) is 11.0. The van der Waals surface area contributed by atoms with Crippen LogP contribution in [-0.4, -0.2) is 35.1 Å². The van der Waals surface area contributed by atoms with Gasteiger partial charge in [-0.3, -0.25) is 24.2 Å². The molecule has 0 spiro atoms. The molecule has 3 aromatic rings. The van der Waals surface area contributed by atoms with Gasteiger partial charge in [0.1, 0.15) is 15.7 Å². The summed E-state index contributed by atoms with van der Waals surface area (Å²) in [4.78, 5) is 34.3. The maximum absolute atomic E-state index is 12.5. The molecule has 3 aromatic heterocycles. The summed E-state index contributed by atoms with van der Waals surface area (Å²) in [5.74, 6) is -0.716. The van der Waals surface area contributed by atoms with E-state index in [9.17, 15) is 18.0 Å². The van der Waals surface area contributed by atoms with E-state index in [-0.39, 0.29) is 27.8 Å². The largest absolute Gasteiger partial charge is 0.280 e. The number of imide groups is 1. The van der Waals surface area contributed by atoms with Crippen LogP contribution in [0.1, 0.15) is 25.7 Å². The summed E-state index contributed by atoms with van der Waals surface area (Å²) < 4.78 is 27.4. The minimum absolute atomic E-state index is 0.0161. The quantitative estimate of drug-likeness (QED) is 0.657. The van der Waals surface area contributed by atoms with Gasteiger partial charge in [0.25, 0.3) is 21.8 Å². The highest BCUT2D eigenvalue weighted by Crippen LogP contribution is 2.28. The van der Waals surface area contributed by atoms with Crippen LogP contribution in [0.5, 0.6) is 0 Å². The number of fused-ring (bicyclic) bond motifs is 1. The Kier molecular flexibility index (Phi) is 4.21. The van der Waals surface area contributed by atoms with Gasteiger partial charge in [0.05, 0.1) is 12.1 Å². The Morgan fingerprint density at radius 1 is 0.963 bits per heavy atom. The standard InChI is InChI=1S/C17H12N4O4S2/c22-16-12-4-3-9-19-15(12)17(23)21(16)10-11-6-7-14(26-11)27(24,25)20-13-5-1-2-8-18-13/h1-9H,10H2,(H,18,20). The van der Waals surface area contributed by atoms with Crippen LogP contribution in [0.3, 0.4) is 0 Å². The molecule has 1 aliphatic heterocycles. The van der Waals surface area contributed by atoms with Crippen molar-refractivity contribution in [3.63, 3.8) is 0 Å². The third kappa shape index (κ3) is 3.20. The first kappa shape index (κ1) is 17.3. The van der Waals surface area contributed by atoms with Gasteiger partial charge in [0.2, 0.25) is 0 Å². The van der Waals surface area contributed by atoms with Crippen molar-refractivity contribution in [1.29, 1.82) is 0 Å². The zero-order chi connectivity index (χ0) is 19.0. The Morgan fingerprint density at radius 3 is 2.52 bits per heavy atom. The SMILES string of the molecule is O=C1c2cccnc2C(=O)N1Cc1ccc(S(=O)(=O)Nc2ccccn2)s1. The van der Waals surface area contributed by atoms with Crippen LogP contribution in [0.2, 0.25) is 0 Å². The molecule has 0 fully saturated rings. The Bertz CT molecular complexity index is 1110. The van der Waals surface area contributed by atoms with Gasteiger partial charge in [-0.2, -0.15) is 0 Å². The average molecular weight is 400 g/mol. The maximum atomic E-state index is 12.5. The number of aromatic nitrogens is 2. The van der Waals surface area contributed by atoms with Crippen LogP contribution in [0.25, 0.3) is 0 Å². The summed E-state index contributed by atoms with van der Waals surface area (Å²) in [7, 11) is -3.80. The molecule has 136 valence electrons. The van der Waals surface area contributed by atoms with Crippen LogP contribution in [0, 0.1) is 0 Å². The second-order valence-corrected chi connectivity index (χ2v) is 8.71. The fourth-order valence-electron chi connectivity index (χ4n) is 2.61. The summed E-state index contributed by atoms with van der Waals surface area (Å²) in [6.07, 6.45) is 2.93. The Balaban J connectivity index is 1.54. The van der Waals surface area contributed by atoms with Crippen LogP contribution in [0.15, 0.2) is 59.1 Å². The fourth-order valence-corrected chi connectivity index (χ4v) is 4.96. The van der Waals surface area contributed by atoms with Crippen molar-refractivity contribution in [3.8, 4) is 0 Å². The van der Waals surface area contributed by atoms with Gasteiger partial charge in [-0.15, -0.1) is 11.3 Å². The zero-order valence-corrected chi connectivity index (χ0v) is 15.3. The van der Waals surface area contributed by atoms with Crippen molar-refractivity contribution in [2.24, 2.45) is 0 Å². The van der Waals surface area contributed by atoms with E-state index in [2.05, 4.69) is 14.7 Å². The lowest BCUT2D eigenvalue weighted by Crippen LogP contribution is -2.28. The molecule has 4 rings (SSSR count). The van der Waals surface area contributed by atoms with E-state index < -0.39 is 21.8 Å². The number of nitrogens with one attached hydrogen (secondary N) is 1. The number of nitrogens with zero attached hydrogens (tertiary/aromatic N) is 3. The highest BCUT2D eigenvalue weighted by molar-refractivity contribution is 7.94. The minimum atomic E-state index is -3.80. The third-order valence-corrected chi connectivity index (χ3v) is 6.77. The molecule has 2 amide bonds. The van der Waals surface area contributed by atoms with E-state index in [1.165, 1.54) is 24.5 Å². The summed E-state index contributed by atoms with van der Waals surface area (Å²) >= 11 is 0.984. The molecule has 0 radical (unpaired) electrons. The first-order chi connectivity index (χ1) is 13.0. The van der Waals surface area contributed by atoms with E-state index in [1.54, 1.807) is 30.3 Å². The van der Waals surface area contributed by atoms with Crippen LogP contribution in [0.4, 0.5) is 5.82 Å². The predicted octanol–water partition coefficient (Wildman–Crippen LogP) is 2.14. The number of hydrogen-bond acceptors (Lipinski definition) is 7. The molecule has 0 atom stereocenters. The molecule has 1 aliphatic rings. The Labute approximate surface area is 158 Å². The lowest BCUT2D eigenvalue weighted by atomic mass is 10.2. The molecule has 0 unspecified atom stereocenters. The number of carbonyl (C=O) groups excluding carboxylic acids is 2. The van der Waals surface area contributed by atoms with Gasteiger partial charge in [0, 0.05) is 17.3 Å². The Hall–Kier alpha value is -3.11. The molecule has 10 heteroatoms. The number of rotatable bonds is 5. The topological polar surface area (TPSA) is 109 Å². The van der Waals surface area contributed by atoms with E-state index in [1.807, 2.05) is 0 Å². The summed E-state index contributed by atoms with van der Waals surface area (Å²) in [5, 5.41) is 0. The van der Waals surface area contributed by atoms with Crippen molar-refractivity contribution in [2.75, 3.05) is 4.72 Å². The molecule has 0 aliphatic carbocycles. The number of amides is 2. The number of pyridine rings is 2. The number of anilines is 1. The van der Waals surface area contributed by atoms with Gasteiger partial charge < -0.3 is 0 Å². The van der Waals surface area contributed by atoms with Crippen molar-refractivity contribution < 1.29 is 18.0 Å². The molecule has 0 saturated carbocycles. The van der Waals surface area contributed by atoms with E-state index in [4.69, 9.17) is 0 Å². The van der Waals surface area contributed by atoms with Gasteiger partial charge >= 0.3 is 0 Å². The number of thiophene rings is 1. The smallest absolute Gasteiger partial charge is 0.268 e. The molecular weight excluding hydrogens is 388 g/mol. The molecule has 0 saturated heterocycles. The van der Waals surface area contributed by atoms with Gasteiger partial charge in [-0.1, -0.05) is 6.07 Å². The fraction of sp³-hybridized carbons (Fsp3) is 0.0588. The Morgan fingerprint density at radius 2 is 1.78 bits per heavy atom. The van der Waals surface area contributed by atoms with Crippen LogP contribution in [-0.2, 0) is 16.6 Å². The first-order valence-corrected chi connectivity index (χ1v) is 10.1. The highest BCUT2D eigenvalue weighted by Gasteiger charge is 2.36. The van der Waals surface area contributed by atoms with Gasteiger partial charge in [-0.05, 0) is 36.4 Å². The van der Waals surface area contributed by atoms with E-state index in [0.717, 1.165) is 16.2 Å². The lowest BCUT2D eigenvalue weighted by Gasteiger charge is -2.11. The average Bonchev–Trinajstić information content (AvgIpc) is 3.23. The summed E-state index contributed by atoms with van der Waals surface area (Å²) in [5.41, 5.74) is 0.368. The first-order valence-electron chi connectivity index (χ1n) is 7.79. The molecular formula is C17H12N4O4S2. The van der Waals surface area contributed by atoms with Crippen molar-refractivity contribution in [2.45, 2.75) is 10.8 Å². The normalized spacial score (nSPS) is 13.7. The maximum Gasteiger partial charge on any atom is 0.280 e. The predicted molar refractivity (Wildman–Crippen MR) is 97.8 cm³/mol. The van der Waals surface area contributed by atoms with Gasteiger partial charge in [-0.25, -0.2) is 13.4 Å². The monoisotopic (exact) mass is 400 g/mol. The lowest BCUT2D eigenvalue weighted by molar-refractivity contribution is 0.0642. The van der Waals surface area contributed by atoms with Crippen LogP contribution < -0.4 is 4.72 Å². The second kappa shape index (κ2) is 6.56. The van der Waals surface area contributed by atoms with Crippen LogP contribution >= 0.6 is 11.3 Å². The van der Waals surface area contributed by atoms with E-state index >= 15 is 0 Å². The number of hydrogen-bond donors (Lipinski definition) is 1. The highest BCUT2D eigenvalue weighted by atomic mass is 32.2. The van der Waals surface area contributed by atoms with Crippen molar-refractivity contribution in [3.05, 3.63) is 71.0 Å². The van der Waals surface area contributed by atoms with Crippen molar-refractivity contribution in [1.82, 2.24) is 14.9 Å². The molecule has 27 heavy (non-hydrogen) atoms. The van der Waals surface area contributed by atoms with Gasteiger partial charge in [0.15, 0.2) is 0 Å². The van der Waals surface area contributed by atoms with Crippen molar-refractivity contribution >= 4 is 39.0 Å².